The molecule has 8 N–H and O–H groups in total. The summed E-state index contributed by atoms with van der Waals surface area (Å²) in [5.74, 6) is -0.668. The summed E-state index contributed by atoms with van der Waals surface area (Å²) in [4.78, 5) is 11.1. The third-order valence-corrected chi connectivity index (χ3v) is 8.96. The second-order valence-corrected chi connectivity index (χ2v) is 14.1. The molecular formula is C25H20ClN9O8S3. The Morgan fingerprint density at radius 3 is 1.76 bits per heavy atom. The average Bonchev–Trinajstić information content (AvgIpc) is 2.95. The Labute approximate surface area is 265 Å². The molecule has 0 saturated carbocycles. The fraction of sp³-hybridized carbons (Fsp3) is 0. The smallest absolute Gasteiger partial charge is 0.296 e. The Balaban J connectivity index is 1.45. The van der Waals surface area contributed by atoms with Crippen LogP contribution in [-0.4, -0.2) is 49.9 Å². The molecule has 0 aliphatic carbocycles. The number of halogens is 1. The number of benzene rings is 4. The Kier molecular flexibility index (Phi) is 8.61. The molecule has 0 aliphatic rings. The Hall–Kier alpha value is -4.83. The van der Waals surface area contributed by atoms with Crippen molar-refractivity contribution in [1.82, 2.24) is 15.0 Å². The van der Waals surface area contributed by atoms with E-state index in [1.807, 2.05) is 0 Å². The number of anilines is 4. The predicted molar refractivity (Wildman–Crippen MR) is 167 cm³/mol. The van der Waals surface area contributed by atoms with E-state index in [1.54, 1.807) is 0 Å². The number of nitrogens with one attached hydrogen (secondary N) is 2. The van der Waals surface area contributed by atoms with Crippen molar-refractivity contribution in [3.05, 3.63) is 78.1 Å². The highest BCUT2D eigenvalue weighted by molar-refractivity contribution is 7.89. The first-order valence-corrected chi connectivity index (χ1v) is 17.3. The molecule has 4 aromatic carbocycles. The van der Waals surface area contributed by atoms with Gasteiger partial charge < -0.3 is 15.7 Å². The molecule has 5 aromatic rings. The van der Waals surface area contributed by atoms with Crippen LogP contribution in [0.3, 0.4) is 0 Å². The van der Waals surface area contributed by atoms with E-state index in [4.69, 9.17) is 21.9 Å². The molecule has 1 aromatic heterocycles. The number of aromatic hydroxyl groups is 1. The number of nitrogens with two attached hydrogens (primary N) is 2. The maximum Gasteiger partial charge on any atom is 0.296 e. The van der Waals surface area contributed by atoms with Crippen LogP contribution in [0.1, 0.15) is 0 Å². The van der Waals surface area contributed by atoms with Gasteiger partial charge in [0.1, 0.15) is 10.6 Å². The zero-order chi connectivity index (χ0) is 33.4. The summed E-state index contributed by atoms with van der Waals surface area (Å²) in [5.41, 5.74) is 0.248. The second-order valence-electron chi connectivity index (χ2n) is 9.29. The largest absolute Gasteiger partial charge is 0.505 e. The van der Waals surface area contributed by atoms with Gasteiger partial charge >= 0.3 is 0 Å². The molecule has 0 amide bonds. The van der Waals surface area contributed by atoms with Crippen LogP contribution in [0, 0.1) is 0 Å². The molecule has 0 aliphatic heterocycles. The fourth-order valence-corrected chi connectivity index (χ4v) is 5.83. The maximum absolute atomic E-state index is 12.2. The van der Waals surface area contributed by atoms with Crippen molar-refractivity contribution in [1.29, 1.82) is 0 Å². The van der Waals surface area contributed by atoms with E-state index in [0.717, 1.165) is 18.2 Å². The second kappa shape index (κ2) is 12.2. The molecule has 238 valence electrons. The molecule has 0 spiro atoms. The number of sulfonamides is 2. The van der Waals surface area contributed by atoms with Gasteiger partial charge in [-0.1, -0.05) is 0 Å². The number of primary sulfonamides is 2. The lowest BCUT2D eigenvalue weighted by atomic mass is 10.1. The first-order chi connectivity index (χ1) is 21.5. The Bertz CT molecular complexity index is 2360. The molecule has 46 heavy (non-hydrogen) atoms. The number of hydrogen-bond donors (Lipinski definition) is 6. The number of rotatable bonds is 9. The highest BCUT2D eigenvalue weighted by Gasteiger charge is 2.22. The zero-order valence-electron chi connectivity index (χ0n) is 22.8. The predicted octanol–water partition coefficient (Wildman–Crippen LogP) is 3.83. The summed E-state index contributed by atoms with van der Waals surface area (Å²) in [6, 6.07) is 15.7. The Morgan fingerprint density at radius 2 is 1.22 bits per heavy atom. The number of azo groups is 1. The van der Waals surface area contributed by atoms with E-state index in [9.17, 15) is 34.9 Å². The molecule has 0 unspecified atom stereocenters. The number of phenolic OH excluding ortho intramolecular Hbond substituents is 1. The third-order valence-electron chi connectivity index (χ3n) is 6.06. The summed E-state index contributed by atoms with van der Waals surface area (Å²) in [7, 11) is -12.8. The Morgan fingerprint density at radius 1 is 0.696 bits per heavy atom. The van der Waals surface area contributed by atoms with E-state index in [0.29, 0.717) is 11.4 Å². The van der Waals surface area contributed by atoms with E-state index >= 15 is 0 Å². The van der Waals surface area contributed by atoms with Gasteiger partial charge in [-0.05, 0) is 89.8 Å². The minimum Gasteiger partial charge on any atom is -0.505 e. The third kappa shape index (κ3) is 7.51. The SMILES string of the molecule is NS(=O)(=O)c1ccc(N=Nc2c(S(=O)(=O)O)cc3cc(Nc4nc(Cl)nc(Nc5ccc(S(N)(=O)=O)cc5)n4)ccc3c2O)cc1. The van der Waals surface area contributed by atoms with Gasteiger partial charge in [0, 0.05) is 16.8 Å². The van der Waals surface area contributed by atoms with Crippen molar-refractivity contribution in [3.8, 4) is 5.75 Å². The van der Waals surface area contributed by atoms with Crippen LogP contribution >= 0.6 is 11.6 Å². The van der Waals surface area contributed by atoms with Gasteiger partial charge in [-0.25, -0.2) is 27.1 Å². The number of fused-ring (bicyclic) bond motifs is 1. The van der Waals surface area contributed by atoms with Gasteiger partial charge in [0.2, 0.25) is 37.2 Å². The van der Waals surface area contributed by atoms with Gasteiger partial charge in [0.15, 0.2) is 5.75 Å². The van der Waals surface area contributed by atoms with Crippen LogP contribution in [-0.2, 0) is 30.2 Å². The molecule has 17 nitrogen and oxygen atoms in total. The summed E-state index contributed by atoms with van der Waals surface area (Å²) in [6.07, 6.45) is 0. The summed E-state index contributed by atoms with van der Waals surface area (Å²) >= 11 is 6.06. The molecule has 0 atom stereocenters. The minimum absolute atomic E-state index is 0.00718. The van der Waals surface area contributed by atoms with Crippen LogP contribution in [0.2, 0.25) is 5.28 Å². The van der Waals surface area contributed by atoms with E-state index < -0.39 is 46.5 Å². The van der Waals surface area contributed by atoms with Crippen molar-refractivity contribution >= 4 is 87.2 Å². The molecule has 1 heterocycles. The molecular weight excluding hydrogens is 686 g/mol. The molecule has 0 fully saturated rings. The van der Waals surface area contributed by atoms with Crippen molar-refractivity contribution in [2.45, 2.75) is 14.7 Å². The zero-order valence-corrected chi connectivity index (χ0v) is 26.0. The van der Waals surface area contributed by atoms with Crippen LogP contribution in [0.25, 0.3) is 10.8 Å². The molecule has 0 saturated heterocycles. The van der Waals surface area contributed by atoms with E-state index in [2.05, 4.69) is 35.8 Å². The van der Waals surface area contributed by atoms with Crippen molar-refractivity contribution in [2.75, 3.05) is 10.6 Å². The number of phenols is 1. The van der Waals surface area contributed by atoms with Gasteiger partial charge in [-0.2, -0.15) is 28.5 Å². The fourth-order valence-electron chi connectivity index (χ4n) is 3.98. The molecule has 0 radical (unpaired) electrons. The van der Waals surface area contributed by atoms with Crippen LogP contribution < -0.4 is 20.9 Å². The molecule has 5 rings (SSSR count). The summed E-state index contributed by atoms with van der Waals surface area (Å²) in [6.45, 7) is 0. The topological polar surface area (TPSA) is 282 Å². The number of hydrogen-bond acceptors (Lipinski definition) is 14. The first-order valence-electron chi connectivity index (χ1n) is 12.4. The summed E-state index contributed by atoms with van der Waals surface area (Å²) < 4.78 is 80.3. The van der Waals surface area contributed by atoms with E-state index in [-0.39, 0.29) is 43.4 Å². The van der Waals surface area contributed by atoms with E-state index in [1.165, 1.54) is 54.6 Å². The number of nitrogens with zero attached hydrogens (tertiary/aromatic N) is 5. The highest BCUT2D eigenvalue weighted by atomic mass is 35.5. The van der Waals surface area contributed by atoms with Crippen LogP contribution in [0.4, 0.5) is 34.6 Å². The van der Waals surface area contributed by atoms with Crippen molar-refractivity contribution in [3.63, 3.8) is 0 Å². The number of aromatic nitrogens is 3. The van der Waals surface area contributed by atoms with Gasteiger partial charge in [0.05, 0.1) is 15.5 Å². The maximum atomic E-state index is 12.2. The quantitative estimate of drug-likeness (QED) is 0.0940. The summed E-state index contributed by atoms with van der Waals surface area (Å²) in [5, 5.41) is 34.6. The van der Waals surface area contributed by atoms with Gasteiger partial charge in [0.25, 0.3) is 10.1 Å². The van der Waals surface area contributed by atoms with Crippen molar-refractivity contribution in [2.24, 2.45) is 20.5 Å². The lowest BCUT2D eigenvalue weighted by molar-refractivity contribution is 0.472. The van der Waals surface area contributed by atoms with Gasteiger partial charge in [-0.3, -0.25) is 4.55 Å². The highest BCUT2D eigenvalue weighted by Crippen LogP contribution is 2.42. The lowest BCUT2D eigenvalue weighted by Crippen LogP contribution is -2.11. The van der Waals surface area contributed by atoms with Crippen LogP contribution in [0.15, 0.2) is 97.7 Å². The standard InChI is InChI=1S/C25H20ClN9O8S3/c26-23-31-24(29-14-1-6-17(7-2-14)44(27,37)38)33-25(32-23)30-16-5-10-19-13(11-16)12-20(46(41,42)43)21(22(19)36)35-34-15-3-8-18(9-4-15)45(28,39)40/h1-12,36H,(H2,27,37,38)(H2,28,39,40)(H,41,42,43)(H2,29,30,31,32,33). The normalized spacial score (nSPS) is 12.4. The average molecular weight is 706 g/mol. The molecule has 21 heteroatoms. The first kappa shape index (κ1) is 32.6. The molecule has 0 bridgehead atoms. The van der Waals surface area contributed by atoms with Crippen molar-refractivity contribution < 1.29 is 34.9 Å². The lowest BCUT2D eigenvalue weighted by Gasteiger charge is -2.12. The minimum atomic E-state index is -4.93. The van der Waals surface area contributed by atoms with Crippen LogP contribution in [0.5, 0.6) is 5.75 Å². The van der Waals surface area contributed by atoms with Gasteiger partial charge in [-0.15, -0.1) is 5.11 Å². The monoisotopic (exact) mass is 705 g/mol.